The predicted octanol–water partition coefficient (Wildman–Crippen LogP) is 1.57. The van der Waals surface area contributed by atoms with Gasteiger partial charge in [0.05, 0.1) is 12.4 Å². The summed E-state index contributed by atoms with van der Waals surface area (Å²) >= 11 is 0. The van der Waals surface area contributed by atoms with Crippen molar-refractivity contribution in [3.05, 3.63) is 29.8 Å². The predicted molar refractivity (Wildman–Crippen MR) is 68.2 cm³/mol. The fourth-order valence-electron chi connectivity index (χ4n) is 1.34. The molecule has 6 heteroatoms. The lowest BCUT2D eigenvalue weighted by Crippen LogP contribution is -2.25. The fraction of sp³-hybridized carbons (Fsp3) is 0.417. The van der Waals surface area contributed by atoms with Crippen molar-refractivity contribution in [3.8, 4) is 5.75 Å². The van der Waals surface area contributed by atoms with Crippen LogP contribution in [0.25, 0.3) is 0 Å². The maximum absolute atomic E-state index is 11.6. The van der Waals surface area contributed by atoms with Gasteiger partial charge in [0, 0.05) is 5.56 Å². The van der Waals surface area contributed by atoms with Gasteiger partial charge in [0.25, 0.3) is 15.9 Å². The number of carbonyl (C=O) groups is 1. The van der Waals surface area contributed by atoms with Crippen LogP contribution in [0.1, 0.15) is 30.6 Å². The summed E-state index contributed by atoms with van der Waals surface area (Å²) in [7, 11) is -3.66. The summed E-state index contributed by atoms with van der Waals surface area (Å²) in [5.74, 6) is -0.229. The fourth-order valence-corrected chi connectivity index (χ4v) is 2.31. The Labute approximate surface area is 107 Å². The number of sulfonamides is 1. The first kappa shape index (κ1) is 14.5. The van der Waals surface area contributed by atoms with Gasteiger partial charge >= 0.3 is 0 Å². The molecule has 0 saturated carbocycles. The number of hydrogen-bond acceptors (Lipinski definition) is 4. The van der Waals surface area contributed by atoms with Crippen LogP contribution in [0.15, 0.2) is 24.3 Å². The minimum absolute atomic E-state index is 0.115. The Bertz CT molecular complexity index is 493. The van der Waals surface area contributed by atoms with Crippen molar-refractivity contribution >= 4 is 15.9 Å². The van der Waals surface area contributed by atoms with Gasteiger partial charge in [-0.2, -0.15) is 0 Å². The summed E-state index contributed by atoms with van der Waals surface area (Å²) < 4.78 is 31.2. The van der Waals surface area contributed by atoms with Crippen LogP contribution in [0.5, 0.6) is 5.75 Å². The zero-order valence-corrected chi connectivity index (χ0v) is 11.2. The molecule has 1 aromatic rings. The second-order valence-corrected chi connectivity index (χ2v) is 5.39. The Kier molecular flexibility index (Phi) is 5.15. The molecule has 0 unspecified atom stereocenters. The quantitative estimate of drug-likeness (QED) is 0.786. The molecule has 0 aliphatic rings. The molecule has 0 atom stereocenters. The van der Waals surface area contributed by atoms with Crippen LogP contribution in [0.2, 0.25) is 0 Å². The second kappa shape index (κ2) is 6.39. The summed E-state index contributed by atoms with van der Waals surface area (Å²) in [4.78, 5) is 11.6. The van der Waals surface area contributed by atoms with E-state index in [0.29, 0.717) is 18.8 Å². The van der Waals surface area contributed by atoms with Crippen molar-refractivity contribution in [1.82, 2.24) is 4.72 Å². The van der Waals surface area contributed by atoms with Crippen molar-refractivity contribution in [3.63, 3.8) is 0 Å². The summed E-state index contributed by atoms with van der Waals surface area (Å²) in [5.41, 5.74) is 0.234. The molecule has 0 aliphatic carbocycles. The maximum Gasteiger partial charge on any atom is 0.287 e. The van der Waals surface area contributed by atoms with Crippen LogP contribution in [-0.4, -0.2) is 26.7 Å². The van der Waals surface area contributed by atoms with E-state index in [4.69, 9.17) is 4.74 Å². The van der Waals surface area contributed by atoms with E-state index in [2.05, 4.69) is 4.72 Å². The van der Waals surface area contributed by atoms with Crippen LogP contribution < -0.4 is 9.46 Å². The molecule has 0 spiro atoms. The summed E-state index contributed by atoms with van der Waals surface area (Å²) in [6.07, 6.45) is 0.433. The van der Waals surface area contributed by atoms with Gasteiger partial charge in [-0.15, -0.1) is 4.72 Å². The van der Waals surface area contributed by atoms with Gasteiger partial charge in [-0.05, 0) is 37.6 Å². The van der Waals surface area contributed by atoms with E-state index in [1.165, 1.54) is 12.1 Å². The Balaban J connectivity index is 2.73. The van der Waals surface area contributed by atoms with E-state index in [0.717, 1.165) is 0 Å². The molecule has 0 heterocycles. The van der Waals surface area contributed by atoms with Crippen LogP contribution >= 0.6 is 0 Å². The van der Waals surface area contributed by atoms with Gasteiger partial charge in [0.1, 0.15) is 5.75 Å². The van der Waals surface area contributed by atoms with E-state index < -0.39 is 15.9 Å². The van der Waals surface area contributed by atoms with Crippen LogP contribution in [0.4, 0.5) is 0 Å². The van der Waals surface area contributed by atoms with E-state index in [9.17, 15) is 13.2 Å². The molecule has 18 heavy (non-hydrogen) atoms. The zero-order chi connectivity index (χ0) is 13.6. The van der Waals surface area contributed by atoms with E-state index in [1.807, 2.05) is 6.92 Å². The molecule has 5 nitrogen and oxygen atoms in total. The van der Waals surface area contributed by atoms with Gasteiger partial charge in [0.15, 0.2) is 0 Å². The number of nitrogens with zero attached hydrogens (tertiary/aromatic N) is 1. The molecule has 99 valence electrons. The molecule has 0 N–H and O–H groups in total. The highest BCUT2D eigenvalue weighted by molar-refractivity contribution is 7.89. The summed E-state index contributed by atoms with van der Waals surface area (Å²) in [6.45, 7) is 4.10. The van der Waals surface area contributed by atoms with Crippen molar-refractivity contribution in [2.45, 2.75) is 20.3 Å². The number of benzene rings is 1. The van der Waals surface area contributed by atoms with Crippen molar-refractivity contribution in [1.29, 1.82) is 0 Å². The van der Waals surface area contributed by atoms with Gasteiger partial charge in [-0.25, -0.2) is 8.42 Å². The highest BCUT2D eigenvalue weighted by Crippen LogP contribution is 2.12. The first-order valence-electron chi connectivity index (χ1n) is 5.71. The number of rotatable bonds is 6. The number of ether oxygens (including phenoxy) is 1. The summed E-state index contributed by atoms with van der Waals surface area (Å²) in [5, 5.41) is 0. The van der Waals surface area contributed by atoms with Gasteiger partial charge in [-0.3, -0.25) is 4.79 Å². The van der Waals surface area contributed by atoms with Crippen molar-refractivity contribution < 1.29 is 17.9 Å². The first-order valence-corrected chi connectivity index (χ1v) is 7.32. The molecule has 0 aromatic heterocycles. The van der Waals surface area contributed by atoms with Crippen LogP contribution in [0, 0.1) is 0 Å². The second-order valence-electron chi connectivity index (χ2n) is 3.64. The molecule has 1 aromatic carbocycles. The Morgan fingerprint density at radius 1 is 1.22 bits per heavy atom. The largest absolute Gasteiger partial charge is 0.494 e. The average Bonchev–Trinajstić information content (AvgIpc) is 2.29. The van der Waals surface area contributed by atoms with Gasteiger partial charge in [0.2, 0.25) is 0 Å². The lowest BCUT2D eigenvalue weighted by Gasteiger charge is -2.04. The minimum Gasteiger partial charge on any atom is -0.494 e. The van der Waals surface area contributed by atoms with E-state index in [1.54, 1.807) is 19.1 Å². The molecule has 1 amide bonds. The first-order chi connectivity index (χ1) is 8.48. The zero-order valence-electron chi connectivity index (χ0n) is 10.4. The highest BCUT2D eigenvalue weighted by Gasteiger charge is 2.17. The third-order valence-electron chi connectivity index (χ3n) is 2.10. The van der Waals surface area contributed by atoms with Crippen LogP contribution in [0.3, 0.4) is 0 Å². The minimum atomic E-state index is -3.66. The topological polar surface area (TPSA) is 74.5 Å². The van der Waals surface area contributed by atoms with Crippen LogP contribution in [-0.2, 0) is 10.0 Å². The number of carbonyl (C=O) groups excluding carboxylic acids is 1. The van der Waals surface area contributed by atoms with Crippen molar-refractivity contribution in [2.75, 3.05) is 12.4 Å². The Morgan fingerprint density at radius 3 is 2.33 bits per heavy atom. The third kappa shape index (κ3) is 4.37. The maximum atomic E-state index is 11.6. The normalized spacial score (nSPS) is 11.0. The third-order valence-corrected chi connectivity index (χ3v) is 3.46. The Hall–Kier alpha value is -1.56. The smallest absolute Gasteiger partial charge is 0.287 e. The lowest BCUT2D eigenvalue weighted by atomic mass is 10.2. The highest BCUT2D eigenvalue weighted by atomic mass is 32.2. The SMILES string of the molecule is CCCS(=O)(=O)[N]C(=O)c1ccc(OCC)cc1. The Morgan fingerprint density at radius 2 is 1.83 bits per heavy atom. The van der Waals surface area contributed by atoms with E-state index >= 15 is 0 Å². The van der Waals surface area contributed by atoms with E-state index in [-0.39, 0.29) is 11.3 Å². The van der Waals surface area contributed by atoms with Crippen molar-refractivity contribution in [2.24, 2.45) is 0 Å². The molecule has 1 rings (SSSR count). The molecular formula is C12H16NO4S. The average molecular weight is 270 g/mol. The summed E-state index contributed by atoms with van der Waals surface area (Å²) in [6, 6.07) is 6.22. The monoisotopic (exact) mass is 270 g/mol. The molecular weight excluding hydrogens is 254 g/mol. The van der Waals surface area contributed by atoms with Gasteiger partial charge in [-0.1, -0.05) is 6.92 Å². The molecule has 0 bridgehead atoms. The number of amides is 1. The standard InChI is InChI=1S/C12H16NO4S/c1-3-9-18(15,16)13-12(14)10-5-7-11(8-6-10)17-4-2/h5-8H,3-4,9H2,1-2H3. The van der Waals surface area contributed by atoms with Gasteiger partial charge < -0.3 is 4.74 Å². The lowest BCUT2D eigenvalue weighted by molar-refractivity contribution is 0.0978. The molecule has 0 fully saturated rings. The number of hydrogen-bond donors (Lipinski definition) is 0. The molecule has 0 aliphatic heterocycles. The molecule has 0 saturated heterocycles. The molecule has 1 radical (unpaired) electrons.